The van der Waals surface area contributed by atoms with Gasteiger partial charge in [0.25, 0.3) is 0 Å². The van der Waals surface area contributed by atoms with E-state index in [2.05, 4.69) is 4.72 Å². The molecular weight excluding hydrogens is 381 g/mol. The van der Waals surface area contributed by atoms with Crippen molar-refractivity contribution in [1.29, 1.82) is 0 Å². The lowest BCUT2D eigenvalue weighted by Crippen LogP contribution is -2.24. The summed E-state index contributed by atoms with van der Waals surface area (Å²) in [4.78, 5) is 10.9. The summed E-state index contributed by atoms with van der Waals surface area (Å²) in [5.41, 5.74) is 0.974. The molecule has 0 fully saturated rings. The number of rotatable bonds is 5. The zero-order valence-corrected chi connectivity index (χ0v) is 13.4. The Morgan fingerprint density at radius 3 is 2.58 bits per heavy atom. The van der Waals surface area contributed by atoms with Crippen molar-refractivity contribution in [2.24, 2.45) is 0 Å². The minimum Gasteiger partial charge on any atom is -0.478 e. The SMILES string of the molecule is CC(C)=CCNS(=O)(=O)c1ccc(I)c(C(=O)O)c1. The van der Waals surface area contributed by atoms with Gasteiger partial charge in [-0.3, -0.25) is 0 Å². The molecule has 19 heavy (non-hydrogen) atoms. The van der Waals surface area contributed by atoms with Crippen LogP contribution in [0.5, 0.6) is 0 Å². The fourth-order valence-electron chi connectivity index (χ4n) is 1.27. The zero-order valence-electron chi connectivity index (χ0n) is 10.5. The van der Waals surface area contributed by atoms with Gasteiger partial charge in [0, 0.05) is 10.1 Å². The summed E-state index contributed by atoms with van der Waals surface area (Å²) < 4.78 is 26.8. The Morgan fingerprint density at radius 1 is 1.42 bits per heavy atom. The predicted octanol–water partition coefficient (Wildman–Crippen LogP) is 2.23. The maximum absolute atomic E-state index is 12.0. The third kappa shape index (κ3) is 4.59. The molecule has 0 atom stereocenters. The molecule has 7 heteroatoms. The van der Waals surface area contributed by atoms with E-state index in [9.17, 15) is 13.2 Å². The molecule has 5 nitrogen and oxygen atoms in total. The van der Waals surface area contributed by atoms with Crippen LogP contribution < -0.4 is 4.72 Å². The van der Waals surface area contributed by atoms with Crippen molar-refractivity contribution in [2.75, 3.05) is 6.54 Å². The van der Waals surface area contributed by atoms with Gasteiger partial charge in [0.05, 0.1) is 10.5 Å². The largest absolute Gasteiger partial charge is 0.478 e. The number of halogens is 1. The Kier molecular flexibility index (Phi) is 5.50. The second kappa shape index (κ2) is 6.49. The van der Waals surface area contributed by atoms with E-state index in [4.69, 9.17) is 5.11 Å². The van der Waals surface area contributed by atoms with Gasteiger partial charge in [-0.15, -0.1) is 0 Å². The maximum Gasteiger partial charge on any atom is 0.336 e. The second-order valence-electron chi connectivity index (χ2n) is 4.08. The number of allylic oxidation sites excluding steroid dienone is 1. The molecule has 0 bridgehead atoms. The smallest absolute Gasteiger partial charge is 0.336 e. The molecule has 0 spiro atoms. The normalized spacial score (nSPS) is 11.1. The summed E-state index contributed by atoms with van der Waals surface area (Å²) in [6.07, 6.45) is 1.74. The first kappa shape index (κ1) is 16.1. The van der Waals surface area contributed by atoms with Gasteiger partial charge in [0.2, 0.25) is 10.0 Å². The highest BCUT2D eigenvalue weighted by molar-refractivity contribution is 14.1. The van der Waals surface area contributed by atoms with E-state index in [1.807, 2.05) is 36.4 Å². The molecule has 0 saturated heterocycles. The lowest BCUT2D eigenvalue weighted by atomic mass is 10.2. The van der Waals surface area contributed by atoms with Gasteiger partial charge < -0.3 is 5.11 Å². The first-order valence-corrected chi connectivity index (χ1v) is 7.96. The fourth-order valence-corrected chi connectivity index (χ4v) is 2.83. The molecule has 1 aromatic carbocycles. The van der Waals surface area contributed by atoms with Gasteiger partial charge in [0.15, 0.2) is 0 Å². The Hall–Kier alpha value is -0.930. The molecule has 0 aliphatic heterocycles. The predicted molar refractivity (Wildman–Crippen MR) is 80.7 cm³/mol. The Balaban J connectivity index is 3.05. The molecule has 0 aromatic heterocycles. The third-order valence-corrected chi connectivity index (χ3v) is 4.62. The van der Waals surface area contributed by atoms with Crippen LogP contribution in [0.4, 0.5) is 0 Å². The molecule has 2 N–H and O–H groups in total. The topological polar surface area (TPSA) is 83.5 Å². The molecule has 0 aliphatic carbocycles. The molecule has 0 saturated carbocycles. The Bertz CT molecular complexity index is 619. The van der Waals surface area contributed by atoms with Crippen LogP contribution in [0, 0.1) is 3.57 Å². The third-order valence-electron chi connectivity index (χ3n) is 2.26. The van der Waals surface area contributed by atoms with Gasteiger partial charge in [-0.2, -0.15) is 0 Å². The van der Waals surface area contributed by atoms with Gasteiger partial charge in [-0.1, -0.05) is 11.6 Å². The lowest BCUT2D eigenvalue weighted by molar-refractivity contribution is 0.0695. The minimum atomic E-state index is -3.69. The van der Waals surface area contributed by atoms with Crippen LogP contribution >= 0.6 is 22.6 Å². The molecule has 1 aromatic rings. The van der Waals surface area contributed by atoms with Crippen molar-refractivity contribution in [3.8, 4) is 0 Å². The number of aromatic carboxylic acids is 1. The lowest BCUT2D eigenvalue weighted by Gasteiger charge is -2.07. The average molecular weight is 395 g/mol. The van der Waals surface area contributed by atoms with Gasteiger partial charge in [-0.25, -0.2) is 17.9 Å². The molecule has 0 aliphatic rings. The summed E-state index contributed by atoms with van der Waals surface area (Å²) in [5.74, 6) is -1.15. The number of hydrogen-bond donors (Lipinski definition) is 2. The molecule has 104 valence electrons. The molecule has 0 radical (unpaired) electrons. The Morgan fingerprint density at radius 2 is 2.05 bits per heavy atom. The van der Waals surface area contributed by atoms with E-state index in [0.29, 0.717) is 3.57 Å². The van der Waals surface area contributed by atoms with Crippen LogP contribution in [0.25, 0.3) is 0 Å². The first-order valence-electron chi connectivity index (χ1n) is 5.40. The van der Waals surface area contributed by atoms with E-state index in [1.165, 1.54) is 12.1 Å². The molecule has 1 rings (SSSR count). The van der Waals surface area contributed by atoms with E-state index in [-0.39, 0.29) is 17.0 Å². The number of sulfonamides is 1. The van der Waals surface area contributed by atoms with E-state index < -0.39 is 16.0 Å². The van der Waals surface area contributed by atoms with E-state index in [0.717, 1.165) is 11.6 Å². The number of nitrogens with one attached hydrogen (secondary N) is 1. The highest BCUT2D eigenvalue weighted by Crippen LogP contribution is 2.17. The van der Waals surface area contributed by atoms with Crippen LogP contribution in [0.2, 0.25) is 0 Å². The highest BCUT2D eigenvalue weighted by Gasteiger charge is 2.17. The molecular formula is C12H14INO4S. The van der Waals surface area contributed by atoms with E-state index >= 15 is 0 Å². The summed E-state index contributed by atoms with van der Waals surface area (Å²) >= 11 is 1.85. The number of carboxylic acid groups (broad SMARTS) is 1. The number of carbonyl (C=O) groups is 1. The van der Waals surface area contributed by atoms with Gasteiger partial charge in [-0.05, 0) is 54.6 Å². The van der Waals surface area contributed by atoms with Crippen LogP contribution in [0.3, 0.4) is 0 Å². The summed E-state index contributed by atoms with van der Waals surface area (Å²) in [5, 5.41) is 8.98. The monoisotopic (exact) mass is 395 g/mol. The molecule has 0 heterocycles. The van der Waals surface area contributed by atoms with Crippen molar-refractivity contribution in [3.63, 3.8) is 0 Å². The highest BCUT2D eigenvalue weighted by atomic mass is 127. The minimum absolute atomic E-state index is 0.0225. The summed E-state index contributed by atoms with van der Waals surface area (Å²) in [6, 6.07) is 4.02. The summed E-state index contributed by atoms with van der Waals surface area (Å²) in [7, 11) is -3.69. The van der Waals surface area contributed by atoms with Crippen molar-refractivity contribution >= 4 is 38.6 Å². The van der Waals surface area contributed by atoms with Crippen molar-refractivity contribution in [1.82, 2.24) is 4.72 Å². The van der Waals surface area contributed by atoms with Crippen LogP contribution in [0.15, 0.2) is 34.7 Å². The van der Waals surface area contributed by atoms with Gasteiger partial charge in [0.1, 0.15) is 0 Å². The van der Waals surface area contributed by atoms with Crippen LogP contribution in [-0.2, 0) is 10.0 Å². The van der Waals surface area contributed by atoms with Crippen molar-refractivity contribution < 1.29 is 18.3 Å². The number of benzene rings is 1. The summed E-state index contributed by atoms with van der Waals surface area (Å²) in [6.45, 7) is 3.91. The molecule has 0 amide bonds. The van der Waals surface area contributed by atoms with Crippen molar-refractivity contribution in [2.45, 2.75) is 18.7 Å². The van der Waals surface area contributed by atoms with Crippen LogP contribution in [0.1, 0.15) is 24.2 Å². The zero-order chi connectivity index (χ0) is 14.6. The molecule has 0 unspecified atom stereocenters. The van der Waals surface area contributed by atoms with Gasteiger partial charge >= 0.3 is 5.97 Å². The maximum atomic E-state index is 12.0. The number of hydrogen-bond acceptors (Lipinski definition) is 3. The fraction of sp³-hybridized carbons (Fsp3) is 0.250. The van der Waals surface area contributed by atoms with E-state index in [1.54, 1.807) is 6.08 Å². The second-order valence-corrected chi connectivity index (χ2v) is 7.01. The standard InChI is InChI=1S/C12H14INO4S/c1-8(2)5-6-14-19(17,18)9-3-4-11(13)10(7-9)12(15)16/h3-5,7,14H,6H2,1-2H3,(H,15,16). The van der Waals surface area contributed by atoms with Crippen molar-refractivity contribution in [3.05, 3.63) is 39.0 Å². The van der Waals surface area contributed by atoms with Crippen LogP contribution in [-0.4, -0.2) is 26.0 Å². The quantitative estimate of drug-likeness (QED) is 0.592. The Labute approximate surface area is 125 Å². The number of carboxylic acids is 1. The first-order chi connectivity index (χ1) is 8.74. The average Bonchev–Trinajstić information content (AvgIpc) is 2.27.